The van der Waals surface area contributed by atoms with Crippen LogP contribution in [0.1, 0.15) is 31.2 Å². The third kappa shape index (κ3) is 3.70. The number of halogens is 1. The minimum atomic E-state index is -0.625. The van der Waals surface area contributed by atoms with E-state index in [4.69, 9.17) is 4.98 Å². The van der Waals surface area contributed by atoms with Gasteiger partial charge in [0.1, 0.15) is 14.6 Å². The predicted octanol–water partition coefficient (Wildman–Crippen LogP) is 4.12. The van der Waals surface area contributed by atoms with Crippen molar-refractivity contribution in [1.29, 1.82) is 0 Å². The van der Waals surface area contributed by atoms with Crippen LogP contribution in [0.5, 0.6) is 0 Å². The van der Waals surface area contributed by atoms with Crippen molar-refractivity contribution < 1.29 is 5.11 Å². The first kappa shape index (κ1) is 19.5. The Kier molecular flexibility index (Phi) is 4.79. The summed E-state index contributed by atoms with van der Waals surface area (Å²) in [6.45, 7) is 3.82. The minimum Gasteiger partial charge on any atom is -0.390 e. The standard InChI is InChI=1S/C20H20BrN7OS/c1-11-25-26-18(30-11)12-3-5-14(6-4-12)28-17-15(16(21)27-28)10-22-19(24-17)23-13-7-8-20(2,29)9-13/h3-6,10,13,29H,7-9H2,1-2H3,(H,22,23,24)/t13-,20-/m1/s1. The van der Waals surface area contributed by atoms with E-state index in [2.05, 4.69) is 41.5 Å². The number of anilines is 1. The van der Waals surface area contributed by atoms with Gasteiger partial charge in [-0.1, -0.05) is 11.3 Å². The van der Waals surface area contributed by atoms with Crippen LogP contribution in [0.2, 0.25) is 0 Å². The summed E-state index contributed by atoms with van der Waals surface area (Å²) in [5.41, 5.74) is 2.00. The maximum Gasteiger partial charge on any atom is 0.224 e. The summed E-state index contributed by atoms with van der Waals surface area (Å²) < 4.78 is 2.49. The van der Waals surface area contributed by atoms with Crippen LogP contribution in [0.25, 0.3) is 27.3 Å². The van der Waals surface area contributed by atoms with Gasteiger partial charge in [0.05, 0.1) is 16.7 Å². The maximum absolute atomic E-state index is 10.2. The van der Waals surface area contributed by atoms with Crippen molar-refractivity contribution in [2.75, 3.05) is 5.32 Å². The molecule has 3 aromatic heterocycles. The van der Waals surface area contributed by atoms with Gasteiger partial charge < -0.3 is 10.4 Å². The normalized spacial score (nSPS) is 21.4. The van der Waals surface area contributed by atoms with E-state index >= 15 is 0 Å². The summed E-state index contributed by atoms with van der Waals surface area (Å²) in [4.78, 5) is 9.15. The topological polar surface area (TPSA) is 102 Å². The first-order valence-corrected chi connectivity index (χ1v) is 11.3. The van der Waals surface area contributed by atoms with Crippen LogP contribution in [-0.4, -0.2) is 46.7 Å². The number of hydrogen-bond donors (Lipinski definition) is 2. The number of aryl methyl sites for hydroxylation is 1. The fourth-order valence-electron chi connectivity index (χ4n) is 3.80. The van der Waals surface area contributed by atoms with Crippen molar-refractivity contribution in [1.82, 2.24) is 29.9 Å². The molecule has 1 aliphatic rings. The summed E-state index contributed by atoms with van der Waals surface area (Å²) in [6.07, 6.45) is 4.12. The van der Waals surface area contributed by atoms with Crippen molar-refractivity contribution in [2.45, 2.75) is 44.8 Å². The van der Waals surface area contributed by atoms with Crippen molar-refractivity contribution in [3.63, 3.8) is 0 Å². The van der Waals surface area contributed by atoms with Crippen molar-refractivity contribution in [3.8, 4) is 16.3 Å². The molecular weight excluding hydrogens is 466 g/mol. The quantitative estimate of drug-likeness (QED) is 0.448. The predicted molar refractivity (Wildman–Crippen MR) is 120 cm³/mol. The molecule has 0 unspecified atom stereocenters. The molecule has 1 saturated carbocycles. The van der Waals surface area contributed by atoms with Gasteiger partial charge in [-0.3, -0.25) is 0 Å². The van der Waals surface area contributed by atoms with E-state index in [1.807, 2.05) is 38.1 Å². The second-order valence-corrected chi connectivity index (χ2v) is 9.82. The third-order valence-corrected chi connectivity index (χ3v) is 6.79. The van der Waals surface area contributed by atoms with Crippen LogP contribution in [0, 0.1) is 6.92 Å². The fourth-order valence-corrected chi connectivity index (χ4v) is 4.94. The summed E-state index contributed by atoms with van der Waals surface area (Å²) >= 11 is 5.08. The van der Waals surface area contributed by atoms with Crippen LogP contribution in [0.15, 0.2) is 35.1 Å². The number of aliphatic hydroxyl groups is 1. The molecule has 0 amide bonds. The Morgan fingerprint density at radius 2 is 2.07 bits per heavy atom. The lowest BCUT2D eigenvalue weighted by molar-refractivity contribution is 0.0673. The zero-order valence-electron chi connectivity index (χ0n) is 16.5. The van der Waals surface area contributed by atoms with Gasteiger partial charge in [0, 0.05) is 17.8 Å². The number of nitrogens with one attached hydrogen (secondary N) is 1. The largest absolute Gasteiger partial charge is 0.390 e. The fraction of sp³-hybridized carbons (Fsp3) is 0.350. The van der Waals surface area contributed by atoms with E-state index in [9.17, 15) is 5.11 Å². The van der Waals surface area contributed by atoms with Crippen LogP contribution in [-0.2, 0) is 0 Å². The number of rotatable bonds is 4. The van der Waals surface area contributed by atoms with Crippen LogP contribution in [0.4, 0.5) is 5.95 Å². The smallest absolute Gasteiger partial charge is 0.224 e. The Labute approximate surface area is 185 Å². The molecule has 154 valence electrons. The second-order valence-electron chi connectivity index (χ2n) is 7.89. The number of fused-ring (bicyclic) bond motifs is 1. The van der Waals surface area contributed by atoms with E-state index < -0.39 is 5.60 Å². The Hall–Kier alpha value is -2.43. The zero-order valence-corrected chi connectivity index (χ0v) is 18.9. The first-order valence-electron chi connectivity index (χ1n) is 9.69. The highest BCUT2D eigenvalue weighted by molar-refractivity contribution is 9.10. The average molecular weight is 486 g/mol. The molecule has 2 N–H and O–H groups in total. The van der Waals surface area contributed by atoms with Gasteiger partial charge in [-0.25, -0.2) is 9.67 Å². The van der Waals surface area contributed by atoms with E-state index in [1.165, 1.54) is 0 Å². The van der Waals surface area contributed by atoms with Crippen molar-refractivity contribution in [3.05, 3.63) is 40.1 Å². The van der Waals surface area contributed by atoms with Gasteiger partial charge in [-0.2, -0.15) is 10.1 Å². The molecule has 2 atom stereocenters. The Morgan fingerprint density at radius 1 is 1.27 bits per heavy atom. The minimum absolute atomic E-state index is 0.159. The molecule has 3 heterocycles. The number of aromatic nitrogens is 6. The molecular formula is C20H20BrN7OS. The summed E-state index contributed by atoms with van der Waals surface area (Å²) in [7, 11) is 0. The van der Waals surface area contributed by atoms with Gasteiger partial charge >= 0.3 is 0 Å². The number of hydrogen-bond acceptors (Lipinski definition) is 8. The van der Waals surface area contributed by atoms with E-state index in [-0.39, 0.29) is 6.04 Å². The second kappa shape index (κ2) is 7.36. The summed E-state index contributed by atoms with van der Waals surface area (Å²) in [6, 6.07) is 8.17. The first-order chi connectivity index (χ1) is 14.4. The molecule has 1 aliphatic carbocycles. The van der Waals surface area contributed by atoms with Gasteiger partial charge in [0.2, 0.25) is 5.95 Å². The maximum atomic E-state index is 10.2. The lowest BCUT2D eigenvalue weighted by Crippen LogP contribution is -2.24. The van der Waals surface area contributed by atoms with Crippen molar-refractivity contribution in [2.24, 2.45) is 0 Å². The molecule has 10 heteroatoms. The highest BCUT2D eigenvalue weighted by atomic mass is 79.9. The molecule has 5 rings (SSSR count). The van der Waals surface area contributed by atoms with E-state index in [1.54, 1.807) is 22.2 Å². The molecule has 4 aromatic rings. The average Bonchev–Trinajstić information content (AvgIpc) is 3.39. The van der Waals surface area contributed by atoms with Crippen molar-refractivity contribution >= 4 is 44.2 Å². The zero-order chi connectivity index (χ0) is 20.9. The van der Waals surface area contributed by atoms with E-state index in [0.29, 0.717) is 22.6 Å². The number of nitrogens with zero attached hydrogens (tertiary/aromatic N) is 6. The SMILES string of the molecule is Cc1nnc(-c2ccc(-n3nc(Br)c4cnc(N[C@@H]5CC[C@@](C)(O)C5)nc43)cc2)s1. The molecule has 0 saturated heterocycles. The highest BCUT2D eigenvalue weighted by Gasteiger charge is 2.33. The molecule has 0 spiro atoms. The van der Waals surface area contributed by atoms with Gasteiger partial charge in [0.25, 0.3) is 0 Å². The Balaban J connectivity index is 1.46. The van der Waals surface area contributed by atoms with E-state index in [0.717, 1.165) is 39.5 Å². The molecule has 0 bridgehead atoms. The number of benzene rings is 1. The molecule has 1 aromatic carbocycles. The molecule has 0 aliphatic heterocycles. The molecule has 8 nitrogen and oxygen atoms in total. The molecule has 30 heavy (non-hydrogen) atoms. The molecule has 0 radical (unpaired) electrons. The summed E-state index contributed by atoms with van der Waals surface area (Å²) in [5, 5.41) is 29.1. The lowest BCUT2D eigenvalue weighted by Gasteiger charge is -2.16. The van der Waals surface area contributed by atoms with Gasteiger partial charge in [-0.15, -0.1) is 10.2 Å². The van der Waals surface area contributed by atoms with Gasteiger partial charge in [-0.05, 0) is 73.3 Å². The monoisotopic (exact) mass is 485 g/mol. The Morgan fingerprint density at radius 3 is 2.73 bits per heavy atom. The lowest BCUT2D eigenvalue weighted by atomic mass is 10.1. The van der Waals surface area contributed by atoms with Crippen LogP contribution < -0.4 is 5.32 Å². The third-order valence-electron chi connectivity index (χ3n) is 5.31. The van der Waals surface area contributed by atoms with Crippen LogP contribution in [0.3, 0.4) is 0 Å². The molecule has 1 fully saturated rings. The van der Waals surface area contributed by atoms with Gasteiger partial charge in [0.15, 0.2) is 5.65 Å². The highest BCUT2D eigenvalue weighted by Crippen LogP contribution is 2.32. The Bertz CT molecular complexity index is 1220. The summed E-state index contributed by atoms with van der Waals surface area (Å²) in [5.74, 6) is 0.541. The van der Waals surface area contributed by atoms with Crippen LogP contribution >= 0.6 is 27.3 Å².